The number of sulfonamides is 1. The number of rotatable bonds is 12. The number of carbonyl (C=O) groups excluding carboxylic acids is 1. The summed E-state index contributed by atoms with van der Waals surface area (Å²) in [5.41, 5.74) is 6.63. The van der Waals surface area contributed by atoms with Crippen LogP contribution < -0.4 is 29.7 Å². The molecule has 0 saturated carbocycles. The van der Waals surface area contributed by atoms with Crippen LogP contribution in [-0.2, 0) is 14.5 Å². The van der Waals surface area contributed by atoms with Crippen LogP contribution in [-0.4, -0.2) is 111 Å². The van der Waals surface area contributed by atoms with Gasteiger partial charge < -0.3 is 24.8 Å². The molecule has 2 unspecified atom stereocenters. The predicted octanol–water partition coefficient (Wildman–Crippen LogP) is 7.59. The molecule has 0 radical (unpaired) electrons. The molecule has 1 aliphatic carbocycles. The predicted molar refractivity (Wildman–Crippen MR) is 258 cm³/mol. The fourth-order valence-electron chi connectivity index (χ4n) is 9.14. The second kappa shape index (κ2) is 18.4. The van der Waals surface area contributed by atoms with Crippen LogP contribution in [0.4, 0.5) is 28.4 Å². The number of anilines is 4. The highest BCUT2D eigenvalue weighted by molar-refractivity contribution is 7.90. The zero-order valence-corrected chi connectivity index (χ0v) is 39.5. The quantitative estimate of drug-likeness (QED) is 0.0464. The molecular weight excluding hydrogens is 905 g/mol. The maximum atomic E-state index is 14.3. The molecule has 9 rings (SSSR count). The third-order valence-electron chi connectivity index (χ3n) is 12.9. The van der Waals surface area contributed by atoms with Crippen LogP contribution in [0.15, 0.2) is 89.5 Å². The van der Waals surface area contributed by atoms with Crippen LogP contribution in [0.25, 0.3) is 16.6 Å². The normalized spacial score (nSPS) is 21.3. The van der Waals surface area contributed by atoms with E-state index in [1.54, 1.807) is 18.9 Å². The fourth-order valence-corrected chi connectivity index (χ4v) is 11.4. The van der Waals surface area contributed by atoms with Crippen molar-refractivity contribution < 1.29 is 32.3 Å². The van der Waals surface area contributed by atoms with E-state index in [9.17, 15) is 28.2 Å². The van der Waals surface area contributed by atoms with Crippen LogP contribution in [0.3, 0.4) is 0 Å². The smallest absolute Gasteiger partial charge is 0.339 e. The molecule has 5 N–H and O–H groups in total. The van der Waals surface area contributed by atoms with Crippen molar-refractivity contribution in [3.8, 4) is 5.88 Å². The maximum Gasteiger partial charge on any atom is 0.339 e. The van der Waals surface area contributed by atoms with E-state index in [0.29, 0.717) is 36.0 Å². The van der Waals surface area contributed by atoms with E-state index >= 15 is 0 Å². The molecule has 17 nitrogen and oxygen atoms in total. The summed E-state index contributed by atoms with van der Waals surface area (Å²) < 4.78 is 41.5. The van der Waals surface area contributed by atoms with Crippen LogP contribution in [0.5, 0.6) is 5.88 Å². The van der Waals surface area contributed by atoms with Gasteiger partial charge in [-0.3, -0.25) is 19.8 Å². The number of nitrogens with one attached hydrogen (secondary N) is 4. The Labute approximate surface area is 389 Å². The summed E-state index contributed by atoms with van der Waals surface area (Å²) in [6.45, 7) is 11.8. The minimum atomic E-state index is -4.61. The first-order valence-corrected chi connectivity index (χ1v) is 26.0. The van der Waals surface area contributed by atoms with Crippen molar-refractivity contribution in [1.82, 2.24) is 24.7 Å². The van der Waals surface area contributed by atoms with Crippen molar-refractivity contribution in [2.24, 2.45) is 11.3 Å². The molecule has 2 atom stereocenters. The van der Waals surface area contributed by atoms with Crippen LogP contribution in [0.1, 0.15) is 49.0 Å². The number of halogens is 1. The van der Waals surface area contributed by atoms with E-state index < -0.39 is 39.3 Å². The molecule has 348 valence electrons. The molecule has 4 aliphatic rings. The monoisotopic (exact) mass is 958 g/mol. The third-order valence-corrected chi connectivity index (χ3v) is 15.9. The van der Waals surface area contributed by atoms with Crippen molar-refractivity contribution in [2.75, 3.05) is 87.4 Å². The number of fused-ring (bicyclic) bond motifs is 2. The minimum Gasteiger partial charge on any atom is -0.474 e. The van der Waals surface area contributed by atoms with Crippen molar-refractivity contribution in [3.05, 3.63) is 111 Å². The van der Waals surface area contributed by atoms with Gasteiger partial charge >= 0.3 is 7.87 Å². The van der Waals surface area contributed by atoms with Gasteiger partial charge in [-0.05, 0) is 90.4 Å². The number of allylic oxidation sites excluding steroid dienone is 1. The number of aromatic nitrogens is 2. The van der Waals surface area contributed by atoms with Gasteiger partial charge in [0.2, 0.25) is 5.88 Å². The Kier molecular flexibility index (Phi) is 12.8. The average Bonchev–Trinajstić information content (AvgIpc) is 3.76. The number of carbonyl (C=O) groups is 1. The summed E-state index contributed by atoms with van der Waals surface area (Å²) in [5, 5.41) is 19.7. The highest BCUT2D eigenvalue weighted by atomic mass is 35.5. The summed E-state index contributed by atoms with van der Waals surface area (Å²) in [6, 6.07) is 20.8. The summed E-state index contributed by atoms with van der Waals surface area (Å²) in [6.07, 6.45) is 4.96. The van der Waals surface area contributed by atoms with Gasteiger partial charge in [-0.2, -0.15) is 9.51 Å². The van der Waals surface area contributed by atoms with E-state index in [0.717, 1.165) is 74.1 Å². The molecular formula is C46H54ClN9O8PS+. The molecule has 1 amide bonds. The number of benzene rings is 3. The SMILES string of the molecule is CC1(C)CCC(CN2CCN(c3ccc(C(=O)NS(=O)(=O)c4ccc(NCC5CN[P+](C)(O)OC5)c([N+](=O)[O-])c4)c(N4CCOc5nc6[nH]ccc6cc54)c3)CC2)=C(c2ccc(Cl)cc2)C1. The Morgan fingerprint density at radius 1 is 1.05 bits per heavy atom. The summed E-state index contributed by atoms with van der Waals surface area (Å²) in [7, 11) is -7.23. The van der Waals surface area contributed by atoms with E-state index in [1.165, 1.54) is 28.8 Å². The lowest BCUT2D eigenvalue weighted by molar-refractivity contribution is -0.384. The standard InChI is InChI=1S/C46H53ClN9O8PS/c1-46(2)14-12-33(38(25-46)31-4-6-34(47)7-5-31)28-53-16-18-54(19-17-53)35-8-10-37(40(23-35)55-20-21-63-45-42(55)22-32-13-15-48-43(32)51-45)44(57)52-66(61,62)36-9-11-39(41(24-36)56(58)59)49-26-30-27-50-65(3,60)64-29-30/h4-11,13,15,22-24,30,49-50,60H,12,14,16-21,25-29H2,1-3H3,(H-,48,51,52,57)/p+1. The van der Waals surface area contributed by atoms with Gasteiger partial charge in [0, 0.05) is 80.1 Å². The zero-order valence-electron chi connectivity index (χ0n) is 37.0. The van der Waals surface area contributed by atoms with Gasteiger partial charge in [0.25, 0.3) is 21.6 Å². The second-order valence-electron chi connectivity index (χ2n) is 18.3. The largest absolute Gasteiger partial charge is 0.474 e. The zero-order chi connectivity index (χ0) is 46.4. The maximum absolute atomic E-state index is 14.3. The van der Waals surface area contributed by atoms with Crippen LogP contribution in [0, 0.1) is 21.4 Å². The highest BCUT2D eigenvalue weighted by Crippen LogP contribution is 2.49. The Bertz CT molecular complexity index is 2800. The third kappa shape index (κ3) is 10.0. The summed E-state index contributed by atoms with van der Waals surface area (Å²) in [5.74, 6) is -0.638. The molecule has 2 fully saturated rings. The molecule has 66 heavy (non-hydrogen) atoms. The molecule has 0 spiro atoms. The van der Waals surface area contributed by atoms with Crippen LogP contribution in [0.2, 0.25) is 5.02 Å². The van der Waals surface area contributed by atoms with Gasteiger partial charge in [-0.1, -0.05) is 43.2 Å². The number of amides is 1. The van der Waals surface area contributed by atoms with E-state index in [-0.39, 0.29) is 42.3 Å². The van der Waals surface area contributed by atoms with Crippen LogP contribution >= 0.6 is 19.5 Å². The lowest BCUT2D eigenvalue weighted by Gasteiger charge is -2.39. The number of nitro benzene ring substituents is 1. The minimum absolute atomic E-state index is 0.0855. The second-order valence-corrected chi connectivity index (χ2v) is 22.7. The Morgan fingerprint density at radius 2 is 1.83 bits per heavy atom. The molecule has 20 heteroatoms. The van der Waals surface area contributed by atoms with Crippen molar-refractivity contribution in [1.29, 1.82) is 0 Å². The summed E-state index contributed by atoms with van der Waals surface area (Å²) in [4.78, 5) is 50.0. The fraction of sp³-hybridized carbons (Fsp3) is 0.391. The van der Waals surface area contributed by atoms with Crippen molar-refractivity contribution in [2.45, 2.75) is 38.0 Å². The average molecular weight is 959 g/mol. The number of aromatic amines is 1. The number of hydrogen-bond donors (Lipinski definition) is 5. The number of ether oxygens (including phenoxy) is 1. The molecule has 5 heterocycles. The van der Waals surface area contributed by atoms with E-state index in [4.69, 9.17) is 20.9 Å². The van der Waals surface area contributed by atoms with Crippen molar-refractivity contribution in [3.63, 3.8) is 0 Å². The van der Waals surface area contributed by atoms with Gasteiger partial charge in [0.15, 0.2) is 0 Å². The first-order valence-electron chi connectivity index (χ1n) is 22.1. The number of nitrogens with zero attached hydrogens (tertiary/aromatic N) is 5. The van der Waals surface area contributed by atoms with Gasteiger partial charge in [-0.15, -0.1) is 5.09 Å². The Hall–Kier alpha value is -5.33. The Morgan fingerprint density at radius 3 is 2.58 bits per heavy atom. The molecule has 5 aromatic rings. The van der Waals surface area contributed by atoms with Gasteiger partial charge in [0.1, 0.15) is 36.9 Å². The number of pyridine rings is 1. The number of H-pyrrole nitrogens is 1. The number of hydrogen-bond acceptors (Lipinski definition) is 14. The molecule has 2 aromatic heterocycles. The first kappa shape index (κ1) is 45.8. The first-order chi connectivity index (χ1) is 31.5. The molecule has 0 bridgehead atoms. The van der Waals surface area contributed by atoms with Crippen molar-refractivity contribution >= 4 is 80.4 Å². The van der Waals surface area contributed by atoms with Gasteiger partial charge in [0.05, 0.1) is 27.6 Å². The number of nitro groups is 1. The Balaban J connectivity index is 0.964. The molecule has 2 saturated heterocycles. The molecule has 3 aliphatic heterocycles. The lowest BCUT2D eigenvalue weighted by atomic mass is 9.72. The number of piperazine rings is 1. The summed E-state index contributed by atoms with van der Waals surface area (Å²) >= 11 is 6.26. The highest BCUT2D eigenvalue weighted by Gasteiger charge is 2.38. The topological polar surface area (TPSA) is 208 Å². The van der Waals surface area contributed by atoms with E-state index in [1.807, 2.05) is 41.3 Å². The molecule has 3 aromatic carbocycles. The van der Waals surface area contributed by atoms with E-state index in [2.05, 4.69) is 60.9 Å². The van der Waals surface area contributed by atoms with Gasteiger partial charge in [-0.25, -0.2) is 18.0 Å². The lowest BCUT2D eigenvalue weighted by Crippen LogP contribution is -2.47.